The molecule has 0 aliphatic heterocycles. The van der Waals surface area contributed by atoms with E-state index >= 15 is 0 Å². The molecule has 0 amide bonds. The molecule has 0 saturated carbocycles. The highest BCUT2D eigenvalue weighted by Crippen LogP contribution is 2.45. The molecule has 474 valence electrons. The molecule has 6 atom stereocenters. The lowest BCUT2D eigenvalue weighted by molar-refractivity contribution is -0.161. The number of esters is 4. The number of carbonyl (C=O) groups is 4. The minimum absolute atomic E-state index is 0.102. The van der Waals surface area contributed by atoms with Gasteiger partial charge in [-0.25, -0.2) is 9.13 Å². The van der Waals surface area contributed by atoms with Crippen LogP contribution in [0.3, 0.4) is 0 Å². The largest absolute Gasteiger partial charge is 0.472 e. The van der Waals surface area contributed by atoms with Gasteiger partial charge in [0.1, 0.15) is 19.3 Å². The van der Waals surface area contributed by atoms with Gasteiger partial charge in [-0.05, 0) is 49.4 Å². The van der Waals surface area contributed by atoms with Gasteiger partial charge >= 0.3 is 39.5 Å². The molecular weight excluding hydrogens is 1070 g/mol. The van der Waals surface area contributed by atoms with Crippen LogP contribution in [-0.2, 0) is 65.4 Å². The standard InChI is InChI=1S/C61H118O17P2/c1-9-54(8)40-32-24-18-20-26-34-42-59(64)72-48-57(78-61(66)44-36-28-16-12-14-22-30-38-52(4)5)50-76-80(69,70)74-46-55(62)45-73-79(67,68)75-49-56(47-71-58(63)41-33-25-19-17-23-31-39-53(6)7)77-60(65)43-35-27-15-11-10-13-21-29-37-51(2)3/h51-57,62H,9-50H2,1-8H3,(H,67,68)(H,69,70)/t54?,55-,56-,57-/m1/s1. The van der Waals surface area contributed by atoms with Gasteiger partial charge in [0.05, 0.1) is 26.4 Å². The first-order valence-corrected chi connectivity index (χ1v) is 34.7. The Morgan fingerprint density at radius 3 is 0.887 bits per heavy atom. The van der Waals surface area contributed by atoms with Gasteiger partial charge in [0, 0.05) is 25.7 Å². The highest BCUT2D eigenvalue weighted by Gasteiger charge is 2.30. The number of unbranched alkanes of at least 4 members (excludes halogenated alkanes) is 23. The lowest BCUT2D eigenvalue weighted by atomic mass is 10.00. The van der Waals surface area contributed by atoms with Crippen molar-refractivity contribution in [3.05, 3.63) is 0 Å². The molecule has 0 aliphatic carbocycles. The van der Waals surface area contributed by atoms with Gasteiger partial charge in [-0.15, -0.1) is 0 Å². The van der Waals surface area contributed by atoms with Crippen molar-refractivity contribution in [1.82, 2.24) is 0 Å². The Hall–Kier alpha value is -1.94. The molecule has 0 fully saturated rings. The Morgan fingerprint density at radius 1 is 0.350 bits per heavy atom. The van der Waals surface area contributed by atoms with Crippen molar-refractivity contribution in [3.8, 4) is 0 Å². The summed E-state index contributed by atoms with van der Waals surface area (Å²) in [7, 11) is -9.88. The highest BCUT2D eigenvalue weighted by molar-refractivity contribution is 7.47. The van der Waals surface area contributed by atoms with Crippen molar-refractivity contribution in [3.63, 3.8) is 0 Å². The molecule has 0 aromatic rings. The van der Waals surface area contributed by atoms with Gasteiger partial charge in [0.15, 0.2) is 12.2 Å². The fourth-order valence-corrected chi connectivity index (χ4v) is 10.4. The summed E-state index contributed by atoms with van der Waals surface area (Å²) < 4.78 is 67.8. The third-order valence-corrected chi connectivity index (χ3v) is 16.1. The van der Waals surface area contributed by atoms with E-state index in [0.29, 0.717) is 37.5 Å². The van der Waals surface area contributed by atoms with Crippen molar-refractivity contribution in [2.75, 3.05) is 39.6 Å². The molecule has 17 nitrogen and oxygen atoms in total. The maximum Gasteiger partial charge on any atom is 0.472 e. The third-order valence-electron chi connectivity index (χ3n) is 14.2. The lowest BCUT2D eigenvalue weighted by Gasteiger charge is -2.21. The normalized spacial score (nSPS) is 14.9. The number of aliphatic hydroxyl groups excluding tert-OH is 1. The minimum Gasteiger partial charge on any atom is -0.462 e. The fraction of sp³-hybridized carbons (Fsp3) is 0.934. The average Bonchev–Trinajstić information content (AvgIpc) is 3.40. The number of phosphoric ester groups is 2. The fourth-order valence-electron chi connectivity index (χ4n) is 8.87. The monoisotopic (exact) mass is 1180 g/mol. The van der Waals surface area contributed by atoms with Gasteiger partial charge in [0.2, 0.25) is 0 Å². The van der Waals surface area contributed by atoms with Crippen LogP contribution in [0.2, 0.25) is 0 Å². The van der Waals surface area contributed by atoms with Crippen molar-refractivity contribution in [1.29, 1.82) is 0 Å². The Kier molecular flexibility index (Phi) is 50.2. The molecule has 0 aliphatic rings. The Labute approximate surface area is 486 Å². The molecule has 0 heterocycles. The first-order chi connectivity index (χ1) is 38.1. The average molecular weight is 1190 g/mol. The zero-order chi connectivity index (χ0) is 59.7. The quantitative estimate of drug-likeness (QED) is 0.0222. The second-order valence-corrected chi connectivity index (χ2v) is 26.7. The van der Waals surface area contributed by atoms with E-state index < -0.39 is 97.5 Å². The van der Waals surface area contributed by atoms with E-state index in [9.17, 15) is 43.2 Å². The Bertz CT molecular complexity index is 1610. The Morgan fingerprint density at radius 2 is 0.600 bits per heavy atom. The molecular formula is C61H118O17P2. The number of hydrogen-bond acceptors (Lipinski definition) is 15. The molecule has 0 aromatic heterocycles. The number of carbonyl (C=O) groups excluding carboxylic acids is 4. The van der Waals surface area contributed by atoms with Gasteiger partial charge < -0.3 is 33.8 Å². The molecule has 0 rings (SSSR count). The minimum atomic E-state index is -4.94. The summed E-state index contributed by atoms with van der Waals surface area (Å²) in [4.78, 5) is 72.0. The molecule has 19 heteroatoms. The van der Waals surface area contributed by atoms with Crippen molar-refractivity contribution < 1.29 is 80.2 Å². The van der Waals surface area contributed by atoms with Gasteiger partial charge in [-0.2, -0.15) is 0 Å². The van der Waals surface area contributed by atoms with Crippen LogP contribution in [0.5, 0.6) is 0 Å². The van der Waals surface area contributed by atoms with E-state index in [0.717, 1.165) is 115 Å². The van der Waals surface area contributed by atoms with E-state index in [-0.39, 0.29) is 25.7 Å². The summed E-state index contributed by atoms with van der Waals surface area (Å²) in [5.41, 5.74) is 0. The second-order valence-electron chi connectivity index (χ2n) is 23.8. The van der Waals surface area contributed by atoms with Crippen molar-refractivity contribution >= 4 is 39.5 Å². The molecule has 0 spiro atoms. The number of ether oxygens (including phenoxy) is 4. The topological polar surface area (TPSA) is 237 Å². The summed E-state index contributed by atoms with van der Waals surface area (Å²) in [6, 6.07) is 0. The first kappa shape index (κ1) is 78.1. The maximum absolute atomic E-state index is 12.9. The van der Waals surface area contributed by atoms with Crippen LogP contribution in [0.4, 0.5) is 0 Å². The molecule has 80 heavy (non-hydrogen) atoms. The SMILES string of the molecule is CCC(C)CCCCCCCCC(=O)OC[C@H](COP(=O)(O)OC[C@H](O)COP(=O)(O)OC[C@@H](COC(=O)CCCCCCCCC(C)C)OC(=O)CCCCCCCCCCC(C)C)OC(=O)CCCCCCCCCC(C)C. The zero-order valence-corrected chi connectivity index (χ0v) is 53.5. The molecule has 0 saturated heterocycles. The molecule has 3 unspecified atom stereocenters. The number of aliphatic hydroxyl groups is 1. The van der Waals surface area contributed by atoms with Gasteiger partial charge in [-0.1, -0.05) is 235 Å². The maximum atomic E-state index is 12.9. The summed E-state index contributed by atoms with van der Waals surface area (Å²) >= 11 is 0. The summed E-state index contributed by atoms with van der Waals surface area (Å²) in [6.45, 7) is 13.8. The predicted molar refractivity (Wildman–Crippen MR) is 317 cm³/mol. The van der Waals surface area contributed by atoms with Crippen molar-refractivity contribution in [2.45, 2.75) is 305 Å². The van der Waals surface area contributed by atoms with E-state index in [4.69, 9.17) is 37.0 Å². The van der Waals surface area contributed by atoms with Crippen LogP contribution >= 0.6 is 15.6 Å². The number of hydrogen-bond donors (Lipinski definition) is 3. The van der Waals surface area contributed by atoms with Gasteiger partial charge in [0.25, 0.3) is 0 Å². The van der Waals surface area contributed by atoms with Crippen LogP contribution in [0, 0.1) is 23.7 Å². The number of phosphoric acid groups is 2. The molecule has 0 aromatic carbocycles. The smallest absolute Gasteiger partial charge is 0.462 e. The van der Waals surface area contributed by atoms with Crippen molar-refractivity contribution in [2.24, 2.45) is 23.7 Å². The third kappa shape index (κ3) is 54.0. The highest BCUT2D eigenvalue weighted by atomic mass is 31.2. The van der Waals surface area contributed by atoms with Gasteiger partial charge in [-0.3, -0.25) is 37.3 Å². The van der Waals surface area contributed by atoms with Crippen LogP contribution < -0.4 is 0 Å². The molecule has 0 radical (unpaired) electrons. The van der Waals surface area contributed by atoms with Crippen LogP contribution in [-0.4, -0.2) is 96.7 Å². The van der Waals surface area contributed by atoms with E-state index in [1.54, 1.807) is 0 Å². The van der Waals surface area contributed by atoms with Crippen LogP contribution in [0.25, 0.3) is 0 Å². The second kappa shape index (κ2) is 51.5. The van der Waals surface area contributed by atoms with E-state index in [1.807, 2.05) is 0 Å². The van der Waals surface area contributed by atoms with Crippen LogP contribution in [0.1, 0.15) is 287 Å². The zero-order valence-electron chi connectivity index (χ0n) is 51.7. The predicted octanol–water partition coefficient (Wildman–Crippen LogP) is 16.2. The molecule has 3 N–H and O–H groups in total. The summed E-state index contributed by atoms with van der Waals surface area (Å²) in [6.07, 6.45) is 29.7. The summed E-state index contributed by atoms with van der Waals surface area (Å²) in [5.74, 6) is 0.676. The molecule has 0 bridgehead atoms. The lowest BCUT2D eigenvalue weighted by Crippen LogP contribution is -2.30. The first-order valence-electron chi connectivity index (χ1n) is 31.7. The van der Waals surface area contributed by atoms with Crippen LogP contribution in [0.15, 0.2) is 0 Å². The number of rotatable bonds is 58. The van der Waals surface area contributed by atoms with E-state index in [1.165, 1.54) is 77.0 Å². The van der Waals surface area contributed by atoms with E-state index in [2.05, 4.69) is 55.4 Å². The summed E-state index contributed by atoms with van der Waals surface area (Å²) in [5, 5.41) is 10.5. The Balaban J connectivity index is 5.26.